The van der Waals surface area contributed by atoms with Crippen molar-refractivity contribution in [3.63, 3.8) is 0 Å². The van der Waals surface area contributed by atoms with Crippen LogP contribution in [-0.2, 0) is 0 Å². The second kappa shape index (κ2) is 4.87. The summed E-state index contributed by atoms with van der Waals surface area (Å²) in [6.07, 6.45) is 0. The molecule has 0 saturated heterocycles. The van der Waals surface area contributed by atoms with Gasteiger partial charge in [-0.3, -0.25) is 0 Å². The van der Waals surface area contributed by atoms with Gasteiger partial charge in [-0.2, -0.15) is 0 Å². The minimum Gasteiger partial charge on any atom is -0.398 e. The lowest BCUT2D eigenvalue weighted by molar-refractivity contribution is 0.861. The van der Waals surface area contributed by atoms with Crippen LogP contribution in [0.25, 0.3) is 0 Å². The fourth-order valence-corrected chi connectivity index (χ4v) is 2.46. The monoisotopic (exact) mass is 219 g/mol. The molecule has 1 aromatic heterocycles. The van der Waals surface area contributed by atoms with E-state index in [9.17, 15) is 0 Å². The van der Waals surface area contributed by atoms with Gasteiger partial charge in [-0.1, -0.05) is 27.7 Å². The molecule has 0 saturated carbocycles. The van der Waals surface area contributed by atoms with E-state index in [1.807, 2.05) is 0 Å². The van der Waals surface area contributed by atoms with E-state index in [4.69, 9.17) is 5.73 Å². The third kappa shape index (κ3) is 2.61. The standard InChI is InChI=1S/C10H17NS.ClH/c1-6(2)8-5-12-10(7(3)4)9(8)11;/h5-7H,11H2,1-4H3;1H. The van der Waals surface area contributed by atoms with Crippen molar-refractivity contribution >= 4 is 29.4 Å². The molecule has 76 valence electrons. The van der Waals surface area contributed by atoms with E-state index in [-0.39, 0.29) is 12.4 Å². The molecular weight excluding hydrogens is 202 g/mol. The minimum absolute atomic E-state index is 0. The zero-order valence-electron chi connectivity index (χ0n) is 8.63. The summed E-state index contributed by atoms with van der Waals surface area (Å²) in [5.74, 6) is 1.11. The Bertz CT molecular complexity index is 240. The van der Waals surface area contributed by atoms with Gasteiger partial charge in [0.05, 0.1) is 0 Å². The molecule has 0 aliphatic heterocycles. The molecular formula is C10H18ClNS. The van der Waals surface area contributed by atoms with Gasteiger partial charge in [0, 0.05) is 10.6 Å². The maximum Gasteiger partial charge on any atom is 0.0493 e. The Hall–Kier alpha value is -0.210. The van der Waals surface area contributed by atoms with Gasteiger partial charge in [0.2, 0.25) is 0 Å². The summed E-state index contributed by atoms with van der Waals surface area (Å²) in [6, 6.07) is 0. The second-order valence-corrected chi connectivity index (χ2v) is 4.69. The smallest absolute Gasteiger partial charge is 0.0493 e. The van der Waals surface area contributed by atoms with Crippen molar-refractivity contribution in [2.24, 2.45) is 0 Å². The highest BCUT2D eigenvalue weighted by Gasteiger charge is 2.12. The largest absolute Gasteiger partial charge is 0.398 e. The van der Waals surface area contributed by atoms with Gasteiger partial charge in [-0.05, 0) is 22.8 Å². The van der Waals surface area contributed by atoms with E-state index >= 15 is 0 Å². The first-order valence-corrected chi connectivity index (χ1v) is 5.28. The van der Waals surface area contributed by atoms with Gasteiger partial charge in [0.15, 0.2) is 0 Å². The normalized spacial score (nSPS) is 10.6. The molecule has 0 bridgehead atoms. The number of hydrogen-bond donors (Lipinski definition) is 1. The van der Waals surface area contributed by atoms with Crippen LogP contribution >= 0.6 is 23.7 Å². The molecule has 1 aromatic rings. The van der Waals surface area contributed by atoms with Crippen molar-refractivity contribution in [2.75, 3.05) is 5.73 Å². The molecule has 0 aliphatic carbocycles. The Kier molecular flexibility index (Phi) is 4.79. The van der Waals surface area contributed by atoms with Crippen molar-refractivity contribution in [2.45, 2.75) is 39.5 Å². The summed E-state index contributed by atoms with van der Waals surface area (Å²) in [5.41, 5.74) is 8.34. The van der Waals surface area contributed by atoms with Crippen molar-refractivity contribution in [3.05, 3.63) is 15.8 Å². The van der Waals surface area contributed by atoms with E-state index in [1.54, 1.807) is 11.3 Å². The third-order valence-corrected chi connectivity index (χ3v) is 3.35. The van der Waals surface area contributed by atoms with Crippen LogP contribution in [0.1, 0.15) is 50.0 Å². The zero-order valence-corrected chi connectivity index (χ0v) is 10.3. The number of hydrogen-bond acceptors (Lipinski definition) is 2. The van der Waals surface area contributed by atoms with Crippen LogP contribution in [0.4, 0.5) is 5.69 Å². The second-order valence-electron chi connectivity index (χ2n) is 3.78. The molecule has 1 rings (SSSR count). The minimum atomic E-state index is 0. The fourth-order valence-electron chi connectivity index (χ4n) is 1.29. The Morgan fingerprint density at radius 3 is 1.92 bits per heavy atom. The SMILES string of the molecule is CC(C)c1csc(C(C)C)c1N.Cl. The predicted molar refractivity (Wildman–Crippen MR) is 64.2 cm³/mol. The molecule has 0 fully saturated rings. The van der Waals surface area contributed by atoms with E-state index in [2.05, 4.69) is 33.1 Å². The van der Waals surface area contributed by atoms with Crippen molar-refractivity contribution in [1.82, 2.24) is 0 Å². The molecule has 0 unspecified atom stereocenters. The summed E-state index contributed by atoms with van der Waals surface area (Å²) in [4.78, 5) is 1.33. The highest BCUT2D eigenvalue weighted by Crippen LogP contribution is 2.35. The lowest BCUT2D eigenvalue weighted by Gasteiger charge is -2.06. The number of nitrogen functional groups attached to an aromatic ring is 1. The van der Waals surface area contributed by atoms with E-state index in [0.29, 0.717) is 11.8 Å². The predicted octanol–water partition coefficient (Wildman–Crippen LogP) is 4.00. The molecule has 0 spiro atoms. The van der Waals surface area contributed by atoms with Gasteiger partial charge >= 0.3 is 0 Å². The van der Waals surface area contributed by atoms with E-state index in [0.717, 1.165) is 5.69 Å². The van der Waals surface area contributed by atoms with Gasteiger partial charge in [0.1, 0.15) is 0 Å². The molecule has 0 atom stereocenters. The number of anilines is 1. The molecule has 13 heavy (non-hydrogen) atoms. The molecule has 1 nitrogen and oxygen atoms in total. The van der Waals surface area contributed by atoms with Gasteiger partial charge in [-0.25, -0.2) is 0 Å². The molecule has 0 aliphatic rings. The van der Waals surface area contributed by atoms with Gasteiger partial charge in [0.25, 0.3) is 0 Å². The first kappa shape index (κ1) is 12.8. The molecule has 2 N–H and O–H groups in total. The molecule has 0 amide bonds. The van der Waals surface area contributed by atoms with Gasteiger partial charge in [-0.15, -0.1) is 23.7 Å². The highest BCUT2D eigenvalue weighted by molar-refractivity contribution is 7.10. The molecule has 1 heterocycles. The highest BCUT2D eigenvalue weighted by atomic mass is 35.5. The van der Waals surface area contributed by atoms with E-state index in [1.165, 1.54) is 10.4 Å². The number of halogens is 1. The van der Waals surface area contributed by atoms with Crippen molar-refractivity contribution in [1.29, 1.82) is 0 Å². The van der Waals surface area contributed by atoms with Crippen molar-refractivity contribution < 1.29 is 0 Å². The van der Waals surface area contributed by atoms with Crippen LogP contribution in [0.15, 0.2) is 5.38 Å². The Labute approximate surface area is 90.8 Å². The quantitative estimate of drug-likeness (QED) is 0.800. The number of nitrogens with two attached hydrogens (primary N) is 1. The third-order valence-electron chi connectivity index (χ3n) is 2.04. The van der Waals surface area contributed by atoms with Crippen molar-refractivity contribution in [3.8, 4) is 0 Å². The Balaban J connectivity index is 0.00000144. The fraction of sp³-hybridized carbons (Fsp3) is 0.600. The maximum absolute atomic E-state index is 6.02. The summed E-state index contributed by atoms with van der Waals surface area (Å²) in [6.45, 7) is 8.74. The Morgan fingerprint density at radius 2 is 1.69 bits per heavy atom. The van der Waals surface area contributed by atoms with Crippen LogP contribution in [-0.4, -0.2) is 0 Å². The van der Waals surface area contributed by atoms with Crippen LogP contribution in [0, 0.1) is 0 Å². The summed E-state index contributed by atoms with van der Waals surface area (Å²) < 4.78 is 0. The van der Waals surface area contributed by atoms with Crippen LogP contribution < -0.4 is 5.73 Å². The molecule has 0 radical (unpaired) electrons. The summed E-state index contributed by atoms with van der Waals surface area (Å²) >= 11 is 1.79. The average Bonchev–Trinajstić information content (AvgIpc) is 2.30. The Morgan fingerprint density at radius 1 is 1.15 bits per heavy atom. The maximum atomic E-state index is 6.02. The van der Waals surface area contributed by atoms with E-state index < -0.39 is 0 Å². The average molecular weight is 220 g/mol. The molecule has 0 aromatic carbocycles. The molecule has 3 heteroatoms. The van der Waals surface area contributed by atoms with Crippen LogP contribution in [0.2, 0.25) is 0 Å². The van der Waals surface area contributed by atoms with Crippen LogP contribution in [0.5, 0.6) is 0 Å². The van der Waals surface area contributed by atoms with Crippen LogP contribution in [0.3, 0.4) is 0 Å². The number of rotatable bonds is 2. The lowest BCUT2D eigenvalue weighted by atomic mass is 10.0. The summed E-state index contributed by atoms with van der Waals surface area (Å²) in [5, 5.41) is 2.19. The van der Waals surface area contributed by atoms with Gasteiger partial charge < -0.3 is 5.73 Å². The summed E-state index contributed by atoms with van der Waals surface area (Å²) in [7, 11) is 0. The lowest BCUT2D eigenvalue weighted by Crippen LogP contribution is -1.96. The number of thiophene rings is 1. The first-order chi connectivity index (χ1) is 5.54. The zero-order chi connectivity index (χ0) is 9.30. The first-order valence-electron chi connectivity index (χ1n) is 4.40. The topological polar surface area (TPSA) is 26.0 Å².